The van der Waals surface area contributed by atoms with Crippen LogP contribution in [-0.2, 0) is 20.7 Å². The second-order valence-corrected chi connectivity index (χ2v) is 6.08. The number of fused-ring (bicyclic) bond motifs is 1. The average Bonchev–Trinajstić information content (AvgIpc) is 2.92. The lowest BCUT2D eigenvalue weighted by Gasteiger charge is -2.16. The molecule has 1 saturated heterocycles. The molecule has 7 heteroatoms. The Morgan fingerprint density at radius 3 is 2.96 bits per heavy atom. The Hall–Kier alpha value is -2.41. The van der Waals surface area contributed by atoms with Crippen molar-refractivity contribution in [2.45, 2.75) is 19.3 Å². The van der Waals surface area contributed by atoms with Crippen molar-refractivity contribution in [3.63, 3.8) is 0 Å². The van der Waals surface area contributed by atoms with Gasteiger partial charge in [-0.3, -0.25) is 10.1 Å². The third-order valence-corrected chi connectivity index (χ3v) is 4.45. The lowest BCUT2D eigenvalue weighted by Crippen LogP contribution is -2.20. The van der Waals surface area contributed by atoms with Gasteiger partial charge in [-0.2, -0.15) is 5.10 Å². The van der Waals surface area contributed by atoms with E-state index in [4.69, 9.17) is 0 Å². The number of hydrogen-bond acceptors (Lipinski definition) is 6. The van der Waals surface area contributed by atoms with Crippen LogP contribution in [0.2, 0.25) is 0 Å². The highest BCUT2D eigenvalue weighted by Gasteiger charge is 2.25. The first-order valence-electron chi connectivity index (χ1n) is 7.19. The fourth-order valence-electron chi connectivity index (χ4n) is 2.45. The molecule has 0 radical (unpaired) electrons. The van der Waals surface area contributed by atoms with E-state index in [1.807, 2.05) is 18.2 Å². The van der Waals surface area contributed by atoms with E-state index in [9.17, 15) is 9.59 Å². The van der Waals surface area contributed by atoms with Gasteiger partial charge in [-0.1, -0.05) is 24.3 Å². The van der Waals surface area contributed by atoms with Crippen LogP contribution >= 0.6 is 11.8 Å². The van der Waals surface area contributed by atoms with Crippen LogP contribution in [0.25, 0.3) is 0 Å². The number of benzene rings is 1. The van der Waals surface area contributed by atoms with Crippen molar-refractivity contribution >= 4 is 34.5 Å². The van der Waals surface area contributed by atoms with Crippen LogP contribution in [0.5, 0.6) is 0 Å². The highest BCUT2D eigenvalue weighted by molar-refractivity contribution is 8.18. The minimum Gasteiger partial charge on any atom is -0.466 e. The van der Waals surface area contributed by atoms with Crippen LogP contribution in [0.4, 0.5) is 0 Å². The van der Waals surface area contributed by atoms with Gasteiger partial charge in [-0.05, 0) is 36.6 Å². The van der Waals surface area contributed by atoms with Crippen molar-refractivity contribution in [2.75, 3.05) is 7.11 Å². The van der Waals surface area contributed by atoms with Crippen LogP contribution in [0.15, 0.2) is 45.4 Å². The van der Waals surface area contributed by atoms with Crippen LogP contribution in [-0.4, -0.2) is 29.9 Å². The number of ether oxygens (including phenoxy) is 1. The summed E-state index contributed by atoms with van der Waals surface area (Å²) in [5.74, 6) is -0.945. The maximum absolute atomic E-state index is 11.7. The van der Waals surface area contributed by atoms with Gasteiger partial charge >= 0.3 is 5.97 Å². The number of amides is 1. The molecule has 23 heavy (non-hydrogen) atoms. The Morgan fingerprint density at radius 2 is 2.13 bits per heavy atom. The molecular formula is C16H15N3O3S. The molecule has 1 amide bonds. The summed E-state index contributed by atoms with van der Waals surface area (Å²) in [6.45, 7) is 0. The molecule has 1 aromatic rings. The normalized spacial score (nSPS) is 22.3. The zero-order valence-electron chi connectivity index (χ0n) is 12.5. The molecule has 0 spiro atoms. The molecule has 2 aliphatic rings. The molecular weight excluding hydrogens is 314 g/mol. The maximum Gasteiger partial charge on any atom is 0.331 e. The van der Waals surface area contributed by atoms with Crippen molar-refractivity contribution in [3.05, 3.63) is 46.4 Å². The number of amidine groups is 1. The number of nitrogens with one attached hydrogen (secondary N) is 1. The first-order valence-corrected chi connectivity index (χ1v) is 8.00. The number of aryl methyl sites for hydroxylation is 1. The molecule has 1 aliphatic heterocycles. The fraction of sp³-hybridized carbons (Fsp3) is 0.250. The number of nitrogens with zero attached hydrogens (tertiary/aromatic N) is 2. The topological polar surface area (TPSA) is 80.1 Å². The van der Waals surface area contributed by atoms with E-state index in [1.54, 1.807) is 0 Å². The van der Waals surface area contributed by atoms with E-state index >= 15 is 0 Å². The standard InChI is InChI=1S/C16H15N3O3S/c1-22-14(20)9-13-15(21)17-16(23-13)19-18-12-8-4-6-10-5-2-3-7-11(10)12/h2-3,5,7,9H,4,6,8H2,1H3,(H,17,19,21)/b13-9+,18-12-. The predicted molar refractivity (Wildman–Crippen MR) is 89.2 cm³/mol. The molecule has 1 fully saturated rings. The highest BCUT2D eigenvalue weighted by atomic mass is 32.2. The quantitative estimate of drug-likeness (QED) is 0.511. The third-order valence-electron chi connectivity index (χ3n) is 3.55. The second-order valence-electron chi connectivity index (χ2n) is 5.05. The number of methoxy groups -OCH3 is 1. The largest absolute Gasteiger partial charge is 0.466 e. The number of hydrogen-bond donors (Lipinski definition) is 1. The Morgan fingerprint density at radius 1 is 1.30 bits per heavy atom. The number of rotatable bonds is 2. The Balaban J connectivity index is 1.81. The Bertz CT molecular complexity index is 753. The predicted octanol–water partition coefficient (Wildman–Crippen LogP) is 2.00. The van der Waals surface area contributed by atoms with Gasteiger partial charge in [0.2, 0.25) is 0 Å². The minimum absolute atomic E-state index is 0.250. The molecule has 1 N–H and O–H groups in total. The molecule has 0 aromatic heterocycles. The Labute approximate surface area is 137 Å². The van der Waals surface area contributed by atoms with Crippen LogP contribution in [0.3, 0.4) is 0 Å². The summed E-state index contributed by atoms with van der Waals surface area (Å²) in [5.41, 5.74) is 3.30. The fourth-order valence-corrected chi connectivity index (χ4v) is 3.18. The average molecular weight is 329 g/mol. The molecule has 0 bridgehead atoms. The summed E-state index contributed by atoms with van der Waals surface area (Å²) < 4.78 is 4.51. The SMILES string of the molecule is COC(=O)/C=C1/S/C(=N\N=C2\CCCc3ccccc32)NC1=O. The van der Waals surface area contributed by atoms with E-state index in [-0.39, 0.29) is 10.8 Å². The van der Waals surface area contributed by atoms with Crippen molar-refractivity contribution in [1.29, 1.82) is 0 Å². The minimum atomic E-state index is -0.573. The van der Waals surface area contributed by atoms with Crippen LogP contribution < -0.4 is 5.32 Å². The monoisotopic (exact) mass is 329 g/mol. The lowest BCUT2D eigenvalue weighted by atomic mass is 9.90. The summed E-state index contributed by atoms with van der Waals surface area (Å²) in [6, 6.07) is 8.14. The van der Waals surface area contributed by atoms with Gasteiger partial charge in [-0.25, -0.2) is 4.79 Å². The molecule has 3 rings (SSSR count). The summed E-state index contributed by atoms with van der Waals surface area (Å²) in [5, 5.41) is 11.4. The summed E-state index contributed by atoms with van der Waals surface area (Å²) in [6.07, 6.45) is 4.08. The zero-order valence-corrected chi connectivity index (χ0v) is 13.4. The number of carbonyl (C=O) groups excluding carboxylic acids is 2. The number of carbonyl (C=O) groups is 2. The zero-order chi connectivity index (χ0) is 16.2. The van der Waals surface area contributed by atoms with Crippen molar-refractivity contribution in [1.82, 2.24) is 5.32 Å². The van der Waals surface area contributed by atoms with E-state index in [1.165, 1.54) is 12.7 Å². The van der Waals surface area contributed by atoms with Gasteiger partial charge < -0.3 is 4.74 Å². The van der Waals surface area contributed by atoms with E-state index in [2.05, 4.69) is 26.3 Å². The summed E-state index contributed by atoms with van der Waals surface area (Å²) in [4.78, 5) is 23.2. The van der Waals surface area contributed by atoms with E-state index in [0.29, 0.717) is 5.17 Å². The van der Waals surface area contributed by atoms with Crippen molar-refractivity contribution in [2.24, 2.45) is 10.2 Å². The van der Waals surface area contributed by atoms with Gasteiger partial charge in [-0.15, -0.1) is 5.10 Å². The van der Waals surface area contributed by atoms with Crippen LogP contribution in [0, 0.1) is 0 Å². The molecule has 1 aliphatic carbocycles. The third kappa shape index (κ3) is 3.50. The molecule has 1 aromatic carbocycles. The smallest absolute Gasteiger partial charge is 0.331 e. The van der Waals surface area contributed by atoms with Crippen molar-refractivity contribution < 1.29 is 14.3 Å². The van der Waals surface area contributed by atoms with Crippen molar-refractivity contribution in [3.8, 4) is 0 Å². The van der Waals surface area contributed by atoms with E-state index in [0.717, 1.165) is 48.4 Å². The lowest BCUT2D eigenvalue weighted by molar-refractivity contribution is -0.135. The summed E-state index contributed by atoms with van der Waals surface area (Å²) >= 11 is 1.07. The molecule has 0 unspecified atom stereocenters. The van der Waals surface area contributed by atoms with E-state index < -0.39 is 5.97 Å². The van der Waals surface area contributed by atoms with Crippen LogP contribution in [0.1, 0.15) is 24.0 Å². The number of esters is 1. The molecule has 118 valence electrons. The summed E-state index contributed by atoms with van der Waals surface area (Å²) in [7, 11) is 1.26. The first kappa shape index (κ1) is 15.5. The molecule has 1 heterocycles. The molecule has 0 saturated carbocycles. The molecule has 6 nitrogen and oxygen atoms in total. The maximum atomic E-state index is 11.7. The first-order chi connectivity index (χ1) is 11.2. The van der Waals surface area contributed by atoms with Gasteiger partial charge in [0.15, 0.2) is 5.17 Å². The highest BCUT2D eigenvalue weighted by Crippen LogP contribution is 2.25. The van der Waals surface area contributed by atoms with Gasteiger partial charge in [0.05, 0.1) is 17.7 Å². The molecule has 0 atom stereocenters. The van der Waals surface area contributed by atoms with Gasteiger partial charge in [0, 0.05) is 11.6 Å². The second kappa shape index (κ2) is 6.78. The number of thioether (sulfide) groups is 1. The van der Waals surface area contributed by atoms with Gasteiger partial charge in [0.1, 0.15) is 0 Å². The Kier molecular flexibility index (Phi) is 4.57. The van der Waals surface area contributed by atoms with Gasteiger partial charge in [0.25, 0.3) is 5.91 Å².